The summed E-state index contributed by atoms with van der Waals surface area (Å²) in [6.07, 6.45) is 8.94. The number of carbonyl (C=O) groups is 1. The molecule has 148 valence electrons. The van der Waals surface area contributed by atoms with E-state index in [0.29, 0.717) is 12.5 Å². The van der Waals surface area contributed by atoms with Gasteiger partial charge in [0.2, 0.25) is 5.91 Å². The molecule has 2 unspecified atom stereocenters. The molecule has 2 N–H and O–H groups in total. The topological polar surface area (TPSA) is 56.7 Å². The highest BCUT2D eigenvalue weighted by molar-refractivity contribution is 7.99. The number of hydrogen-bond acceptors (Lipinski definition) is 3. The minimum absolute atomic E-state index is 0.277. The molecule has 2 atom stereocenters. The summed E-state index contributed by atoms with van der Waals surface area (Å²) in [5.41, 5.74) is 2.41. The van der Waals surface area contributed by atoms with Gasteiger partial charge in [-0.25, -0.2) is 0 Å². The molecule has 27 heavy (non-hydrogen) atoms. The zero-order valence-electron chi connectivity index (χ0n) is 16.5. The van der Waals surface area contributed by atoms with Crippen LogP contribution >= 0.6 is 11.8 Å². The highest BCUT2D eigenvalue weighted by Crippen LogP contribution is 2.26. The van der Waals surface area contributed by atoms with Crippen molar-refractivity contribution < 1.29 is 4.79 Å². The van der Waals surface area contributed by atoms with E-state index < -0.39 is 0 Å². The van der Waals surface area contributed by atoms with Gasteiger partial charge in [-0.1, -0.05) is 30.7 Å². The molecule has 1 amide bonds. The van der Waals surface area contributed by atoms with Gasteiger partial charge in [-0.05, 0) is 43.1 Å². The zero-order valence-corrected chi connectivity index (χ0v) is 17.4. The van der Waals surface area contributed by atoms with Crippen molar-refractivity contribution >= 4 is 23.6 Å². The number of nitrogens with zero attached hydrogens (tertiary/aromatic N) is 2. The van der Waals surface area contributed by atoms with Gasteiger partial charge in [-0.15, -0.1) is 0 Å². The molecule has 1 saturated carbocycles. The Morgan fingerprint density at radius 3 is 2.89 bits per heavy atom. The molecule has 1 aromatic rings. The second kappa shape index (κ2) is 10.0. The second-order valence-corrected chi connectivity index (χ2v) is 8.67. The number of aliphatic imine (C=N–C) groups is 1. The third-order valence-corrected chi connectivity index (χ3v) is 6.61. The van der Waals surface area contributed by atoms with E-state index >= 15 is 0 Å². The first-order valence-corrected chi connectivity index (χ1v) is 11.3. The number of guanidine groups is 1. The number of hydrogen-bond donors (Lipinski definition) is 2. The molecule has 1 heterocycles. The van der Waals surface area contributed by atoms with E-state index in [1.54, 1.807) is 0 Å². The molecule has 1 saturated heterocycles. The van der Waals surface area contributed by atoms with Crippen LogP contribution < -0.4 is 10.6 Å². The average molecular weight is 389 g/mol. The smallest absolute Gasteiger partial charge is 0.222 e. The lowest BCUT2D eigenvalue weighted by Crippen LogP contribution is -2.45. The molecule has 0 bridgehead atoms. The summed E-state index contributed by atoms with van der Waals surface area (Å²) < 4.78 is 0. The number of likely N-dealkylation sites (tertiary alicyclic amines) is 1. The van der Waals surface area contributed by atoms with Crippen LogP contribution in [0.2, 0.25) is 0 Å². The minimum atomic E-state index is 0.277. The first kappa shape index (κ1) is 20.1. The Balaban J connectivity index is 1.50. The molecule has 0 radical (unpaired) electrons. The van der Waals surface area contributed by atoms with Crippen molar-refractivity contribution in [1.29, 1.82) is 0 Å². The summed E-state index contributed by atoms with van der Waals surface area (Å²) in [4.78, 5) is 18.2. The number of thioether (sulfide) groups is 1. The van der Waals surface area contributed by atoms with Crippen molar-refractivity contribution in [2.45, 2.75) is 62.9 Å². The van der Waals surface area contributed by atoms with E-state index in [4.69, 9.17) is 0 Å². The maximum absolute atomic E-state index is 11.8. The van der Waals surface area contributed by atoms with Crippen molar-refractivity contribution in [2.75, 3.05) is 19.8 Å². The van der Waals surface area contributed by atoms with Gasteiger partial charge in [0.25, 0.3) is 0 Å². The Labute approximate surface area is 167 Å². The van der Waals surface area contributed by atoms with E-state index in [9.17, 15) is 4.79 Å². The van der Waals surface area contributed by atoms with Crippen LogP contribution in [0.4, 0.5) is 0 Å². The molecule has 5 nitrogen and oxygen atoms in total. The van der Waals surface area contributed by atoms with Gasteiger partial charge in [0, 0.05) is 44.4 Å². The van der Waals surface area contributed by atoms with Crippen LogP contribution in [0.25, 0.3) is 0 Å². The Bertz CT molecular complexity index is 663. The number of amides is 1. The maximum Gasteiger partial charge on any atom is 0.222 e. The van der Waals surface area contributed by atoms with Gasteiger partial charge in [-0.2, -0.15) is 11.8 Å². The Morgan fingerprint density at radius 1 is 1.30 bits per heavy atom. The van der Waals surface area contributed by atoms with Crippen molar-refractivity contribution in [3.8, 4) is 0 Å². The van der Waals surface area contributed by atoms with Crippen LogP contribution in [0.3, 0.4) is 0 Å². The quantitative estimate of drug-likeness (QED) is 0.581. The highest BCUT2D eigenvalue weighted by Gasteiger charge is 2.22. The standard InChI is InChI=1S/C21H32N4OS/c1-22-21(24-18-8-4-9-19(13-18)27-2)23-14-16-6-3-7-17(12-16)15-25-11-5-10-20(25)26/h3,6-7,12,18-19H,4-5,8-11,13-15H2,1-2H3,(H2,22,23,24). The summed E-state index contributed by atoms with van der Waals surface area (Å²) in [6, 6.07) is 9.01. The normalized spacial score (nSPS) is 23.6. The second-order valence-electron chi connectivity index (χ2n) is 7.53. The summed E-state index contributed by atoms with van der Waals surface area (Å²) in [7, 11) is 1.83. The van der Waals surface area contributed by atoms with Crippen molar-refractivity contribution in [3.63, 3.8) is 0 Å². The summed E-state index contributed by atoms with van der Waals surface area (Å²) >= 11 is 1.98. The van der Waals surface area contributed by atoms with Gasteiger partial charge < -0.3 is 15.5 Å². The lowest BCUT2D eigenvalue weighted by Gasteiger charge is -2.29. The van der Waals surface area contributed by atoms with Crippen molar-refractivity contribution in [2.24, 2.45) is 4.99 Å². The van der Waals surface area contributed by atoms with Crippen LogP contribution in [0, 0.1) is 0 Å². The van der Waals surface area contributed by atoms with E-state index in [-0.39, 0.29) is 5.91 Å². The van der Waals surface area contributed by atoms with Gasteiger partial charge >= 0.3 is 0 Å². The van der Waals surface area contributed by atoms with Crippen LogP contribution in [0.5, 0.6) is 0 Å². The predicted octanol–water partition coefficient (Wildman–Crippen LogP) is 3.15. The molecule has 3 rings (SSSR count). The molecule has 1 aliphatic heterocycles. The number of nitrogens with one attached hydrogen (secondary N) is 2. The first-order valence-electron chi connectivity index (χ1n) is 10.0. The van der Waals surface area contributed by atoms with Gasteiger partial charge in [0.1, 0.15) is 0 Å². The molecule has 2 aliphatic rings. The van der Waals surface area contributed by atoms with E-state index in [1.165, 1.54) is 36.8 Å². The molecule has 0 aromatic heterocycles. The molecule has 6 heteroatoms. The van der Waals surface area contributed by atoms with Gasteiger partial charge in [0.15, 0.2) is 5.96 Å². The van der Waals surface area contributed by atoms with Crippen LogP contribution in [0.1, 0.15) is 49.7 Å². The fraction of sp³-hybridized carbons (Fsp3) is 0.619. The molecular weight excluding hydrogens is 356 g/mol. The average Bonchev–Trinajstić information content (AvgIpc) is 3.10. The van der Waals surface area contributed by atoms with Gasteiger partial charge in [-0.3, -0.25) is 9.79 Å². The van der Waals surface area contributed by atoms with Crippen LogP contribution in [-0.2, 0) is 17.9 Å². The van der Waals surface area contributed by atoms with Crippen LogP contribution in [0.15, 0.2) is 29.3 Å². The minimum Gasteiger partial charge on any atom is -0.354 e. The Morgan fingerprint density at radius 2 is 2.15 bits per heavy atom. The first-order chi connectivity index (χ1) is 13.2. The number of rotatable bonds is 6. The third kappa shape index (κ3) is 5.89. The van der Waals surface area contributed by atoms with Crippen LogP contribution in [-0.4, -0.2) is 47.9 Å². The highest BCUT2D eigenvalue weighted by atomic mass is 32.2. The lowest BCUT2D eigenvalue weighted by molar-refractivity contribution is -0.128. The van der Waals surface area contributed by atoms with E-state index in [0.717, 1.165) is 37.3 Å². The Kier molecular flexibility index (Phi) is 7.44. The number of carbonyl (C=O) groups excluding carboxylic acids is 1. The fourth-order valence-corrected chi connectivity index (χ4v) is 4.82. The number of benzene rings is 1. The molecule has 1 aliphatic carbocycles. The SMILES string of the molecule is CN=C(NCc1cccc(CN2CCCC2=O)c1)NC1CCCC(SC)C1. The van der Waals surface area contributed by atoms with Crippen molar-refractivity contribution in [3.05, 3.63) is 35.4 Å². The summed E-state index contributed by atoms with van der Waals surface area (Å²) in [5.74, 6) is 1.15. The van der Waals surface area contributed by atoms with Gasteiger partial charge in [0.05, 0.1) is 0 Å². The van der Waals surface area contributed by atoms with E-state index in [2.05, 4.69) is 46.1 Å². The maximum atomic E-state index is 11.8. The Hall–Kier alpha value is -1.69. The molecule has 0 spiro atoms. The largest absolute Gasteiger partial charge is 0.354 e. The van der Waals surface area contributed by atoms with Crippen molar-refractivity contribution in [1.82, 2.24) is 15.5 Å². The monoisotopic (exact) mass is 388 g/mol. The zero-order chi connectivity index (χ0) is 19.1. The van der Waals surface area contributed by atoms with E-state index in [1.807, 2.05) is 23.7 Å². The summed E-state index contributed by atoms with van der Waals surface area (Å²) in [5, 5.41) is 7.80. The molecule has 1 aromatic carbocycles. The predicted molar refractivity (Wildman–Crippen MR) is 114 cm³/mol. The fourth-order valence-electron chi connectivity index (χ4n) is 3.99. The molecule has 2 fully saturated rings. The third-order valence-electron chi connectivity index (χ3n) is 5.52. The molecular formula is C21H32N4OS. The summed E-state index contributed by atoms with van der Waals surface area (Å²) in [6.45, 7) is 2.34. The lowest BCUT2D eigenvalue weighted by atomic mass is 9.95.